The van der Waals surface area contributed by atoms with Crippen LogP contribution in [0.3, 0.4) is 0 Å². The lowest BCUT2D eigenvalue weighted by Crippen LogP contribution is -2.11. The van der Waals surface area contributed by atoms with Gasteiger partial charge >= 0.3 is 0 Å². The summed E-state index contributed by atoms with van der Waals surface area (Å²) in [5.41, 5.74) is 2.69. The van der Waals surface area contributed by atoms with Crippen LogP contribution in [0.25, 0.3) is 0 Å². The van der Waals surface area contributed by atoms with Crippen LogP contribution in [0.4, 0.5) is 0 Å². The van der Waals surface area contributed by atoms with Crippen LogP contribution in [-0.4, -0.2) is 6.61 Å². The largest absolute Gasteiger partial charge is 0.276 e. The van der Waals surface area contributed by atoms with Gasteiger partial charge in [-0.15, -0.1) is 0 Å². The second kappa shape index (κ2) is 5.63. The average Bonchev–Trinajstić information content (AvgIpc) is 1.80. The van der Waals surface area contributed by atoms with Crippen molar-refractivity contribution in [1.82, 2.24) is 5.48 Å². The molecule has 0 fully saturated rings. The lowest BCUT2D eigenvalue weighted by atomic mass is 10.2. The van der Waals surface area contributed by atoms with Crippen molar-refractivity contribution in [1.29, 1.82) is 0 Å². The normalized spacial score (nSPS) is 11.1. The van der Waals surface area contributed by atoms with Crippen molar-refractivity contribution in [2.24, 2.45) is 5.92 Å². The first-order valence-electron chi connectivity index (χ1n) is 3.26. The summed E-state index contributed by atoms with van der Waals surface area (Å²) in [6, 6.07) is 0. The Bertz CT molecular complexity index is 79.0. The van der Waals surface area contributed by atoms with Crippen LogP contribution in [0, 0.1) is 5.92 Å². The molecule has 0 saturated heterocycles. The van der Waals surface area contributed by atoms with Crippen molar-refractivity contribution in [3.8, 4) is 0 Å². The standard InChI is InChI=1S/C7H15NO/c1-4-5-8-9-6-7(2)3/h4-5,7-8H,6H2,1-3H3/b5-4+. The molecule has 0 aliphatic carbocycles. The third-order valence-electron chi connectivity index (χ3n) is 0.735. The van der Waals surface area contributed by atoms with Crippen LogP contribution in [0.5, 0.6) is 0 Å². The van der Waals surface area contributed by atoms with Crippen molar-refractivity contribution in [2.45, 2.75) is 20.8 Å². The highest BCUT2D eigenvalue weighted by atomic mass is 16.6. The van der Waals surface area contributed by atoms with Crippen LogP contribution >= 0.6 is 0 Å². The molecule has 0 heterocycles. The van der Waals surface area contributed by atoms with Gasteiger partial charge in [0, 0.05) is 6.20 Å². The second-order valence-electron chi connectivity index (χ2n) is 2.32. The first-order valence-corrected chi connectivity index (χ1v) is 3.26. The molecule has 0 aliphatic rings. The molecule has 0 aromatic carbocycles. The number of nitrogens with one attached hydrogen (secondary N) is 1. The topological polar surface area (TPSA) is 21.3 Å². The minimum absolute atomic E-state index is 0.586. The summed E-state index contributed by atoms with van der Waals surface area (Å²) in [7, 11) is 0. The fraction of sp³-hybridized carbons (Fsp3) is 0.714. The highest BCUT2D eigenvalue weighted by Gasteiger charge is 1.89. The number of hydroxylamine groups is 1. The highest BCUT2D eigenvalue weighted by molar-refractivity contribution is 4.68. The van der Waals surface area contributed by atoms with E-state index in [1.807, 2.05) is 13.0 Å². The Labute approximate surface area is 56.9 Å². The molecule has 0 amide bonds. The van der Waals surface area contributed by atoms with E-state index in [9.17, 15) is 0 Å². The van der Waals surface area contributed by atoms with Crippen molar-refractivity contribution < 1.29 is 4.84 Å². The van der Waals surface area contributed by atoms with Gasteiger partial charge in [0.15, 0.2) is 0 Å². The molecule has 0 aromatic rings. The highest BCUT2D eigenvalue weighted by Crippen LogP contribution is 1.88. The van der Waals surface area contributed by atoms with E-state index in [1.165, 1.54) is 0 Å². The maximum absolute atomic E-state index is 5.00. The minimum Gasteiger partial charge on any atom is -0.276 e. The third-order valence-corrected chi connectivity index (χ3v) is 0.735. The number of hydrogen-bond acceptors (Lipinski definition) is 2. The fourth-order valence-electron chi connectivity index (χ4n) is 0.331. The summed E-state index contributed by atoms with van der Waals surface area (Å²) in [6.45, 7) is 6.91. The van der Waals surface area contributed by atoms with Crippen LogP contribution in [0.15, 0.2) is 12.3 Å². The van der Waals surface area contributed by atoms with Gasteiger partial charge in [-0.25, -0.2) is 0 Å². The molecule has 54 valence electrons. The lowest BCUT2D eigenvalue weighted by molar-refractivity contribution is 0.0514. The molecule has 1 N–H and O–H groups in total. The van der Waals surface area contributed by atoms with Gasteiger partial charge in [0.25, 0.3) is 0 Å². The third kappa shape index (κ3) is 7.50. The quantitative estimate of drug-likeness (QED) is 0.460. The van der Waals surface area contributed by atoms with E-state index < -0.39 is 0 Å². The van der Waals surface area contributed by atoms with Gasteiger partial charge in [0.05, 0.1) is 6.61 Å². The van der Waals surface area contributed by atoms with Crippen molar-refractivity contribution in [3.63, 3.8) is 0 Å². The lowest BCUT2D eigenvalue weighted by Gasteiger charge is -2.03. The number of hydrogen-bond donors (Lipinski definition) is 1. The van der Waals surface area contributed by atoms with Gasteiger partial charge in [-0.3, -0.25) is 10.3 Å². The Morgan fingerprint density at radius 2 is 2.22 bits per heavy atom. The number of allylic oxidation sites excluding steroid dienone is 1. The van der Waals surface area contributed by atoms with Gasteiger partial charge in [0.2, 0.25) is 0 Å². The maximum atomic E-state index is 5.00. The SMILES string of the molecule is C/C=C/NOCC(C)C. The molecule has 0 atom stereocenters. The van der Waals surface area contributed by atoms with Crippen molar-refractivity contribution in [3.05, 3.63) is 12.3 Å². The Morgan fingerprint density at radius 1 is 1.56 bits per heavy atom. The van der Waals surface area contributed by atoms with Crippen LogP contribution < -0.4 is 5.48 Å². The van der Waals surface area contributed by atoms with E-state index in [0.717, 1.165) is 6.61 Å². The Kier molecular flexibility index (Phi) is 5.32. The summed E-state index contributed by atoms with van der Waals surface area (Å²) in [5, 5.41) is 0. The summed E-state index contributed by atoms with van der Waals surface area (Å²) < 4.78 is 0. The predicted octanol–water partition coefficient (Wildman–Crippen LogP) is 1.70. The van der Waals surface area contributed by atoms with Gasteiger partial charge in [-0.05, 0) is 12.8 Å². The molecule has 2 nitrogen and oxygen atoms in total. The number of rotatable bonds is 4. The minimum atomic E-state index is 0.586. The van der Waals surface area contributed by atoms with E-state index in [4.69, 9.17) is 4.84 Å². The molecule has 0 aromatic heterocycles. The molecule has 0 unspecified atom stereocenters. The average molecular weight is 129 g/mol. The van der Waals surface area contributed by atoms with E-state index >= 15 is 0 Å². The first kappa shape index (κ1) is 8.50. The smallest absolute Gasteiger partial charge is 0.0768 e. The molecule has 9 heavy (non-hydrogen) atoms. The molecule has 0 spiro atoms. The molecule has 0 saturated carbocycles. The van der Waals surface area contributed by atoms with E-state index in [-0.39, 0.29) is 0 Å². The Hall–Kier alpha value is -0.500. The molecular weight excluding hydrogens is 114 g/mol. The second-order valence-corrected chi connectivity index (χ2v) is 2.32. The van der Waals surface area contributed by atoms with E-state index in [1.54, 1.807) is 6.20 Å². The van der Waals surface area contributed by atoms with E-state index in [2.05, 4.69) is 19.3 Å². The molecule has 0 bridgehead atoms. The van der Waals surface area contributed by atoms with Crippen LogP contribution in [-0.2, 0) is 4.84 Å². The van der Waals surface area contributed by atoms with E-state index in [0.29, 0.717) is 5.92 Å². The zero-order chi connectivity index (χ0) is 7.11. The first-order chi connectivity index (χ1) is 4.27. The summed E-state index contributed by atoms with van der Waals surface area (Å²) in [4.78, 5) is 5.00. The summed E-state index contributed by atoms with van der Waals surface area (Å²) in [5.74, 6) is 0.586. The monoisotopic (exact) mass is 129 g/mol. The van der Waals surface area contributed by atoms with Gasteiger partial charge < -0.3 is 0 Å². The Morgan fingerprint density at radius 3 is 2.67 bits per heavy atom. The van der Waals surface area contributed by atoms with Gasteiger partial charge in [-0.1, -0.05) is 19.9 Å². The van der Waals surface area contributed by atoms with Crippen molar-refractivity contribution >= 4 is 0 Å². The van der Waals surface area contributed by atoms with Crippen molar-refractivity contribution in [2.75, 3.05) is 6.61 Å². The van der Waals surface area contributed by atoms with Crippen LogP contribution in [0.2, 0.25) is 0 Å². The zero-order valence-electron chi connectivity index (χ0n) is 6.35. The summed E-state index contributed by atoms with van der Waals surface area (Å²) in [6.07, 6.45) is 3.66. The van der Waals surface area contributed by atoms with Gasteiger partial charge in [0.1, 0.15) is 0 Å². The zero-order valence-corrected chi connectivity index (χ0v) is 6.35. The molecule has 2 heteroatoms. The maximum Gasteiger partial charge on any atom is 0.0768 e. The Balaban J connectivity index is 2.91. The predicted molar refractivity (Wildman–Crippen MR) is 38.7 cm³/mol. The molecular formula is C7H15NO. The van der Waals surface area contributed by atoms with Gasteiger partial charge in [-0.2, -0.15) is 0 Å². The molecule has 0 radical (unpaired) electrons. The van der Waals surface area contributed by atoms with Crippen LogP contribution in [0.1, 0.15) is 20.8 Å². The summed E-state index contributed by atoms with van der Waals surface area (Å²) >= 11 is 0. The molecule has 0 aliphatic heterocycles. The fourth-order valence-corrected chi connectivity index (χ4v) is 0.331. The molecule has 0 rings (SSSR count).